The van der Waals surface area contributed by atoms with E-state index in [4.69, 9.17) is 0 Å². The van der Waals surface area contributed by atoms with Gasteiger partial charge in [-0.2, -0.15) is 0 Å². The number of nitrogens with one attached hydrogen (secondary N) is 1. The first-order valence-electron chi connectivity index (χ1n) is 10.7. The molecule has 156 valence electrons. The van der Waals surface area contributed by atoms with Crippen LogP contribution in [0.15, 0.2) is 30.9 Å². The van der Waals surface area contributed by atoms with Crippen molar-refractivity contribution in [1.82, 2.24) is 19.9 Å². The van der Waals surface area contributed by atoms with Crippen LogP contribution in [-0.2, 0) is 6.54 Å². The Balaban J connectivity index is 1.32. The van der Waals surface area contributed by atoms with Crippen molar-refractivity contribution in [3.63, 3.8) is 0 Å². The van der Waals surface area contributed by atoms with E-state index in [2.05, 4.69) is 20.3 Å². The number of carbonyl (C=O) groups is 1. The molecule has 2 aliphatic rings. The number of hydrogen-bond acceptors (Lipinski definition) is 6. The first-order chi connectivity index (χ1) is 14.5. The van der Waals surface area contributed by atoms with Gasteiger partial charge in [0.15, 0.2) is 0 Å². The molecule has 7 heteroatoms. The highest BCUT2D eigenvalue weighted by Gasteiger charge is 2.47. The Bertz CT molecular complexity index is 1070. The monoisotopic (exact) mass is 421 g/mol. The molecule has 1 spiro atoms. The van der Waals surface area contributed by atoms with Crippen molar-refractivity contribution < 1.29 is 4.79 Å². The Morgan fingerprint density at radius 1 is 1.27 bits per heavy atom. The molecule has 3 heterocycles. The predicted molar refractivity (Wildman–Crippen MR) is 120 cm³/mol. The Kier molecular flexibility index (Phi) is 4.93. The Labute approximate surface area is 180 Å². The van der Waals surface area contributed by atoms with Gasteiger partial charge in [-0.3, -0.25) is 9.78 Å². The van der Waals surface area contributed by atoms with E-state index < -0.39 is 0 Å². The summed E-state index contributed by atoms with van der Waals surface area (Å²) >= 11 is 1.46. The van der Waals surface area contributed by atoms with E-state index >= 15 is 0 Å². The number of anilines is 1. The van der Waals surface area contributed by atoms with Gasteiger partial charge < -0.3 is 10.2 Å². The van der Waals surface area contributed by atoms with Crippen LogP contribution in [0.3, 0.4) is 0 Å². The number of pyridine rings is 1. The lowest BCUT2D eigenvalue weighted by molar-refractivity contribution is -0.0185. The highest BCUT2D eigenvalue weighted by atomic mass is 32.1. The first-order valence-corrected chi connectivity index (χ1v) is 11.5. The van der Waals surface area contributed by atoms with E-state index in [0.717, 1.165) is 44.5 Å². The summed E-state index contributed by atoms with van der Waals surface area (Å²) in [5.41, 5.74) is 2.71. The molecule has 0 radical (unpaired) electrons. The van der Waals surface area contributed by atoms with Gasteiger partial charge >= 0.3 is 0 Å². The van der Waals surface area contributed by atoms with E-state index in [9.17, 15) is 4.79 Å². The quantitative estimate of drug-likeness (QED) is 0.627. The Hall–Kier alpha value is -2.54. The zero-order valence-electron chi connectivity index (χ0n) is 17.5. The summed E-state index contributed by atoms with van der Waals surface area (Å²) < 4.78 is 0. The maximum atomic E-state index is 13.1. The van der Waals surface area contributed by atoms with Gasteiger partial charge in [0.2, 0.25) is 0 Å². The minimum absolute atomic E-state index is 0.0178. The fraction of sp³-hybridized carbons (Fsp3) is 0.478. The van der Waals surface area contributed by atoms with Gasteiger partial charge in [0.25, 0.3) is 5.91 Å². The molecule has 30 heavy (non-hydrogen) atoms. The molecule has 6 nitrogen and oxygen atoms in total. The molecule has 2 saturated carbocycles. The molecule has 0 atom stereocenters. The Morgan fingerprint density at radius 2 is 2.03 bits per heavy atom. The van der Waals surface area contributed by atoms with Crippen LogP contribution in [0.1, 0.15) is 52.9 Å². The predicted octanol–water partition coefficient (Wildman–Crippen LogP) is 4.66. The molecule has 0 saturated heterocycles. The van der Waals surface area contributed by atoms with E-state index in [1.54, 1.807) is 23.6 Å². The van der Waals surface area contributed by atoms with Crippen LogP contribution in [-0.4, -0.2) is 39.4 Å². The zero-order valence-corrected chi connectivity index (χ0v) is 18.3. The van der Waals surface area contributed by atoms with Gasteiger partial charge in [-0.05, 0) is 67.2 Å². The third-order valence-corrected chi connectivity index (χ3v) is 8.04. The van der Waals surface area contributed by atoms with Crippen LogP contribution < -0.4 is 5.32 Å². The zero-order chi connectivity index (χ0) is 20.7. The van der Waals surface area contributed by atoms with Gasteiger partial charge in [-0.25, -0.2) is 9.97 Å². The lowest BCUT2D eigenvalue weighted by Crippen LogP contribution is -2.45. The topological polar surface area (TPSA) is 71.0 Å². The highest BCUT2D eigenvalue weighted by Crippen LogP contribution is 2.58. The fourth-order valence-electron chi connectivity index (χ4n) is 5.05. The van der Waals surface area contributed by atoms with Gasteiger partial charge in [0, 0.05) is 32.5 Å². The van der Waals surface area contributed by atoms with E-state index in [0.29, 0.717) is 12.0 Å². The summed E-state index contributed by atoms with van der Waals surface area (Å²) in [5.74, 6) is 1.62. The molecule has 1 amide bonds. The lowest BCUT2D eigenvalue weighted by atomic mass is 9.52. The standard InChI is InChI=1S/C23H27N5OS/c1-15-18-20(25-12-17-10-23(11-17)6-3-7-23)26-14-27-21(18)30-19(15)22(29)28(2)13-16-4-8-24-9-5-16/h4-5,8-9,14,17H,3,6-7,10-13H2,1-2H3,(H,25,26,27). The van der Waals surface area contributed by atoms with Gasteiger partial charge in [0.05, 0.1) is 10.3 Å². The van der Waals surface area contributed by atoms with Crippen LogP contribution in [0, 0.1) is 18.3 Å². The number of aromatic nitrogens is 3. The second kappa shape index (κ2) is 7.61. The van der Waals surface area contributed by atoms with E-state index in [1.165, 1.54) is 43.4 Å². The number of carbonyl (C=O) groups excluding carboxylic acids is 1. The minimum atomic E-state index is 0.0178. The summed E-state index contributed by atoms with van der Waals surface area (Å²) in [7, 11) is 1.84. The highest BCUT2D eigenvalue weighted by molar-refractivity contribution is 7.20. The third-order valence-electron chi connectivity index (χ3n) is 6.85. The summed E-state index contributed by atoms with van der Waals surface area (Å²) in [6, 6.07) is 3.87. The molecule has 2 aliphatic carbocycles. The number of aryl methyl sites for hydroxylation is 1. The SMILES string of the molecule is Cc1c(C(=O)N(C)Cc2ccncc2)sc2ncnc(NCC3CC4(CCC4)C3)c12. The average Bonchev–Trinajstić information content (AvgIpc) is 3.03. The number of nitrogens with zero attached hydrogens (tertiary/aromatic N) is 4. The van der Waals surface area contributed by atoms with E-state index in [1.807, 2.05) is 26.1 Å². The summed E-state index contributed by atoms with van der Waals surface area (Å²) in [5, 5.41) is 4.55. The first kappa shape index (κ1) is 19.4. The number of thiophene rings is 1. The molecule has 0 aromatic carbocycles. The summed E-state index contributed by atoms with van der Waals surface area (Å²) in [6.45, 7) is 3.51. The molecular weight excluding hydrogens is 394 g/mol. The number of hydrogen-bond donors (Lipinski definition) is 1. The molecule has 1 N–H and O–H groups in total. The van der Waals surface area contributed by atoms with Crippen LogP contribution in [0.5, 0.6) is 0 Å². The molecule has 3 aromatic heterocycles. The van der Waals surface area contributed by atoms with Gasteiger partial charge in [0.1, 0.15) is 17.0 Å². The van der Waals surface area contributed by atoms with Gasteiger partial charge in [-0.15, -0.1) is 11.3 Å². The van der Waals surface area contributed by atoms with E-state index in [-0.39, 0.29) is 5.91 Å². The van der Waals surface area contributed by atoms with Crippen molar-refractivity contribution in [3.8, 4) is 0 Å². The van der Waals surface area contributed by atoms with Crippen molar-refractivity contribution in [1.29, 1.82) is 0 Å². The van der Waals surface area contributed by atoms with Crippen molar-refractivity contribution in [2.45, 2.75) is 45.6 Å². The third kappa shape index (κ3) is 3.45. The van der Waals surface area contributed by atoms with Crippen LogP contribution in [0.4, 0.5) is 5.82 Å². The summed E-state index contributed by atoms with van der Waals surface area (Å²) in [6.07, 6.45) is 12.0. The lowest BCUT2D eigenvalue weighted by Gasteiger charge is -2.54. The second-order valence-corrected chi connectivity index (χ2v) is 9.98. The van der Waals surface area contributed by atoms with Crippen molar-refractivity contribution in [2.75, 3.05) is 18.9 Å². The number of amides is 1. The number of rotatable bonds is 6. The molecule has 0 unspecified atom stereocenters. The van der Waals surface area contributed by atoms with Gasteiger partial charge in [-0.1, -0.05) is 6.42 Å². The van der Waals surface area contributed by atoms with Crippen molar-refractivity contribution in [2.24, 2.45) is 11.3 Å². The van der Waals surface area contributed by atoms with Crippen molar-refractivity contribution >= 4 is 33.3 Å². The molecule has 0 aliphatic heterocycles. The molecule has 0 bridgehead atoms. The molecule has 5 rings (SSSR count). The van der Waals surface area contributed by atoms with Crippen LogP contribution >= 0.6 is 11.3 Å². The fourth-order valence-corrected chi connectivity index (χ4v) is 6.20. The molecular formula is C23H27N5OS. The smallest absolute Gasteiger partial charge is 0.264 e. The van der Waals surface area contributed by atoms with Crippen LogP contribution in [0.2, 0.25) is 0 Å². The summed E-state index contributed by atoms with van der Waals surface area (Å²) in [4.78, 5) is 29.5. The largest absolute Gasteiger partial charge is 0.369 e. The maximum absolute atomic E-state index is 13.1. The van der Waals surface area contributed by atoms with Crippen LogP contribution in [0.25, 0.3) is 10.2 Å². The molecule has 3 aromatic rings. The second-order valence-electron chi connectivity index (χ2n) is 8.98. The average molecular weight is 422 g/mol. The maximum Gasteiger partial charge on any atom is 0.264 e. The minimum Gasteiger partial charge on any atom is -0.369 e. The molecule has 2 fully saturated rings. The Morgan fingerprint density at radius 3 is 2.73 bits per heavy atom. The normalized spacial score (nSPS) is 17.5. The van der Waals surface area contributed by atoms with Crippen molar-refractivity contribution in [3.05, 3.63) is 46.9 Å². The number of fused-ring (bicyclic) bond motifs is 1.